The Hall–Kier alpha value is -3.79. The maximum Gasteiger partial charge on any atom is 0.276 e. The van der Waals surface area contributed by atoms with Crippen LogP contribution in [0.1, 0.15) is 37.3 Å². The lowest BCUT2D eigenvalue weighted by Crippen LogP contribution is -2.49. The second-order valence-electron chi connectivity index (χ2n) is 6.84. The van der Waals surface area contributed by atoms with E-state index in [4.69, 9.17) is 17.0 Å². The van der Waals surface area contributed by atoms with E-state index in [1.54, 1.807) is 0 Å². The van der Waals surface area contributed by atoms with E-state index in [2.05, 4.69) is 30.0 Å². The van der Waals surface area contributed by atoms with Crippen LogP contribution in [0.3, 0.4) is 0 Å². The Morgan fingerprint density at radius 1 is 1.12 bits per heavy atom. The van der Waals surface area contributed by atoms with Crippen LogP contribution in [-0.4, -0.2) is 28.5 Å². The van der Waals surface area contributed by atoms with Gasteiger partial charge in [-0.3, -0.25) is 35.9 Å². The molecule has 0 bridgehead atoms. The summed E-state index contributed by atoms with van der Waals surface area (Å²) in [4.78, 5) is 33.9. The summed E-state index contributed by atoms with van der Waals surface area (Å²) in [5.41, 5.74) is 6.51. The second-order valence-corrected chi connectivity index (χ2v) is 7.25. The first-order valence-corrected chi connectivity index (χ1v) is 10.2. The Kier molecular flexibility index (Phi) is 9.30. The van der Waals surface area contributed by atoms with Gasteiger partial charge < -0.3 is 4.74 Å². The first-order chi connectivity index (χ1) is 15.3. The van der Waals surface area contributed by atoms with Gasteiger partial charge in [-0.1, -0.05) is 26.0 Å². The first kappa shape index (κ1) is 24.5. The molecular formula is C22H24N4O5S. The topological polar surface area (TPSA) is 123 Å². The summed E-state index contributed by atoms with van der Waals surface area (Å²) >= 11 is 4.95. The van der Waals surface area contributed by atoms with Crippen molar-refractivity contribution in [3.05, 3.63) is 75.8 Å². The molecule has 2 aromatic carbocycles. The molecule has 1 atom stereocenters. The van der Waals surface area contributed by atoms with E-state index in [1.807, 2.05) is 24.3 Å². The Balaban J connectivity index is 1.70. The van der Waals surface area contributed by atoms with Gasteiger partial charge in [0.2, 0.25) is 5.91 Å². The number of nitrogens with zero attached hydrogens (tertiary/aromatic N) is 1. The van der Waals surface area contributed by atoms with Crippen LogP contribution in [0, 0.1) is 10.1 Å². The number of benzene rings is 2. The van der Waals surface area contributed by atoms with E-state index in [9.17, 15) is 19.7 Å². The predicted molar refractivity (Wildman–Crippen MR) is 125 cm³/mol. The molecule has 0 radical (unpaired) electrons. The Bertz CT molecular complexity index is 990. The Morgan fingerprint density at radius 3 is 2.38 bits per heavy atom. The molecule has 0 aliphatic carbocycles. The van der Waals surface area contributed by atoms with Gasteiger partial charge in [-0.15, -0.1) is 0 Å². The van der Waals surface area contributed by atoms with Crippen LogP contribution in [0.25, 0.3) is 6.08 Å². The number of nitro benzene ring substituents is 1. The zero-order valence-corrected chi connectivity index (χ0v) is 18.5. The second kappa shape index (κ2) is 12.2. The molecule has 168 valence electrons. The van der Waals surface area contributed by atoms with Gasteiger partial charge in [0.25, 0.3) is 11.6 Å². The number of carbonyl (C=O) groups is 2. The molecule has 2 rings (SSSR count). The number of thiocarbonyl (C=S) groups is 1. The number of nitrogens with one attached hydrogen (secondary N) is 3. The van der Waals surface area contributed by atoms with Crippen LogP contribution in [0.15, 0.2) is 54.6 Å². The smallest absolute Gasteiger partial charge is 0.276 e. The standard InChI is InChI=1S/C22H24N4O5S/c1-3-15(2)17-7-11-19(12-8-17)31-14-21(28)24-25-22(32)23-20(27)13-6-16-4-9-18(10-5-16)26(29)30/h4-13,15H,3,14H2,1-2H3,(H,24,28)(H2,23,25,27,32)/b13-6+. The molecule has 9 nitrogen and oxygen atoms in total. The highest BCUT2D eigenvalue weighted by Gasteiger charge is 2.07. The number of amides is 2. The van der Waals surface area contributed by atoms with E-state index in [0.29, 0.717) is 17.2 Å². The van der Waals surface area contributed by atoms with Gasteiger partial charge in [0.1, 0.15) is 5.75 Å². The third-order valence-corrected chi connectivity index (χ3v) is 4.72. The van der Waals surface area contributed by atoms with Crippen molar-refractivity contribution < 1.29 is 19.2 Å². The normalized spacial score (nSPS) is 11.4. The van der Waals surface area contributed by atoms with E-state index < -0.39 is 16.7 Å². The lowest BCUT2D eigenvalue weighted by atomic mass is 9.99. The number of carbonyl (C=O) groups excluding carboxylic acids is 2. The van der Waals surface area contributed by atoms with Gasteiger partial charge in [0.15, 0.2) is 11.7 Å². The average Bonchev–Trinajstić information content (AvgIpc) is 2.80. The molecule has 0 heterocycles. The Morgan fingerprint density at radius 2 is 1.78 bits per heavy atom. The molecule has 0 spiro atoms. The number of ether oxygens (including phenoxy) is 1. The SMILES string of the molecule is CCC(C)c1ccc(OCC(=O)NNC(=S)NC(=O)/C=C/c2ccc([N+](=O)[O-])cc2)cc1. The summed E-state index contributed by atoms with van der Waals surface area (Å²) in [6, 6.07) is 13.2. The fourth-order valence-corrected chi connectivity index (χ4v) is 2.66. The lowest BCUT2D eigenvalue weighted by Gasteiger charge is -2.12. The summed E-state index contributed by atoms with van der Waals surface area (Å²) < 4.78 is 5.42. The molecule has 0 saturated carbocycles. The molecule has 32 heavy (non-hydrogen) atoms. The van der Waals surface area contributed by atoms with Crippen LogP contribution in [0.2, 0.25) is 0 Å². The van der Waals surface area contributed by atoms with Crippen LogP contribution < -0.4 is 20.9 Å². The highest BCUT2D eigenvalue weighted by atomic mass is 32.1. The first-order valence-electron chi connectivity index (χ1n) is 9.83. The van der Waals surface area contributed by atoms with Gasteiger partial charge in [-0.05, 0) is 66.0 Å². The Labute approximate surface area is 191 Å². The fraction of sp³-hybridized carbons (Fsp3) is 0.227. The minimum absolute atomic E-state index is 0.0418. The van der Waals surface area contributed by atoms with E-state index >= 15 is 0 Å². The molecule has 2 amide bonds. The number of nitro groups is 1. The average molecular weight is 457 g/mol. The van der Waals surface area contributed by atoms with Crippen molar-refractivity contribution in [2.24, 2.45) is 0 Å². The van der Waals surface area contributed by atoms with Crippen molar-refractivity contribution in [1.29, 1.82) is 0 Å². The third kappa shape index (κ3) is 8.15. The number of rotatable bonds is 8. The highest BCUT2D eigenvalue weighted by molar-refractivity contribution is 7.80. The molecule has 1 unspecified atom stereocenters. The number of hydrogen-bond acceptors (Lipinski definition) is 6. The van der Waals surface area contributed by atoms with Gasteiger partial charge in [-0.25, -0.2) is 0 Å². The number of hydrogen-bond donors (Lipinski definition) is 3. The quantitative estimate of drug-likeness (QED) is 0.241. The van der Waals surface area contributed by atoms with Gasteiger partial charge >= 0.3 is 0 Å². The number of non-ortho nitro benzene ring substituents is 1. The van der Waals surface area contributed by atoms with Gasteiger partial charge in [-0.2, -0.15) is 0 Å². The largest absolute Gasteiger partial charge is 0.484 e. The van der Waals surface area contributed by atoms with Crippen LogP contribution >= 0.6 is 12.2 Å². The molecular weight excluding hydrogens is 432 g/mol. The molecule has 10 heteroatoms. The minimum atomic E-state index is -0.534. The maximum atomic E-state index is 11.9. The molecule has 0 aliphatic rings. The summed E-state index contributed by atoms with van der Waals surface area (Å²) in [5, 5.41) is 12.9. The molecule has 0 fully saturated rings. The van der Waals surface area contributed by atoms with Gasteiger partial charge in [0.05, 0.1) is 4.92 Å². The van der Waals surface area contributed by atoms with Crippen LogP contribution in [-0.2, 0) is 9.59 Å². The minimum Gasteiger partial charge on any atom is -0.484 e. The van der Waals surface area contributed by atoms with Crippen molar-refractivity contribution in [3.63, 3.8) is 0 Å². The maximum absolute atomic E-state index is 11.9. The van der Waals surface area contributed by atoms with Crippen molar-refractivity contribution in [2.45, 2.75) is 26.2 Å². The molecule has 2 aromatic rings. The summed E-state index contributed by atoms with van der Waals surface area (Å²) in [6.07, 6.45) is 3.72. The van der Waals surface area contributed by atoms with Crippen molar-refractivity contribution in [1.82, 2.24) is 16.2 Å². The zero-order valence-electron chi connectivity index (χ0n) is 17.7. The van der Waals surface area contributed by atoms with E-state index in [1.165, 1.54) is 42.0 Å². The molecule has 0 saturated heterocycles. The summed E-state index contributed by atoms with van der Waals surface area (Å²) in [6.45, 7) is 4.03. The molecule has 0 aromatic heterocycles. The molecule has 0 aliphatic heterocycles. The number of hydrazine groups is 1. The van der Waals surface area contributed by atoms with Crippen LogP contribution in [0.4, 0.5) is 5.69 Å². The van der Waals surface area contributed by atoms with E-state index in [-0.39, 0.29) is 17.4 Å². The summed E-state index contributed by atoms with van der Waals surface area (Å²) in [5.74, 6) is 0.0120. The summed E-state index contributed by atoms with van der Waals surface area (Å²) in [7, 11) is 0. The predicted octanol–water partition coefficient (Wildman–Crippen LogP) is 3.22. The zero-order chi connectivity index (χ0) is 23.5. The lowest BCUT2D eigenvalue weighted by molar-refractivity contribution is -0.384. The monoisotopic (exact) mass is 456 g/mol. The highest BCUT2D eigenvalue weighted by Crippen LogP contribution is 2.21. The van der Waals surface area contributed by atoms with Crippen molar-refractivity contribution in [3.8, 4) is 5.75 Å². The van der Waals surface area contributed by atoms with Crippen LogP contribution in [0.5, 0.6) is 5.75 Å². The third-order valence-electron chi connectivity index (χ3n) is 4.51. The fourth-order valence-electron chi connectivity index (χ4n) is 2.50. The van der Waals surface area contributed by atoms with Crippen molar-refractivity contribution >= 4 is 40.9 Å². The van der Waals surface area contributed by atoms with Gasteiger partial charge in [0, 0.05) is 18.2 Å². The van der Waals surface area contributed by atoms with Crippen molar-refractivity contribution in [2.75, 3.05) is 6.61 Å². The van der Waals surface area contributed by atoms with E-state index in [0.717, 1.165) is 6.42 Å². The molecule has 3 N–H and O–H groups in total.